The van der Waals surface area contributed by atoms with E-state index in [9.17, 15) is 9.90 Å². The highest BCUT2D eigenvalue weighted by Gasteiger charge is 2.16. The molecule has 1 heterocycles. The highest BCUT2D eigenvalue weighted by atomic mass is 16.4. The van der Waals surface area contributed by atoms with Crippen LogP contribution in [0.4, 0.5) is 0 Å². The van der Waals surface area contributed by atoms with Crippen molar-refractivity contribution in [1.82, 2.24) is 5.32 Å². The summed E-state index contributed by atoms with van der Waals surface area (Å²) in [6, 6.07) is 15.8. The number of aromatic carboxylic acids is 1. The third-order valence-corrected chi connectivity index (χ3v) is 3.84. The largest absolute Gasteiger partial charge is 0.478 e. The van der Waals surface area contributed by atoms with Crippen molar-refractivity contribution in [2.45, 2.75) is 18.9 Å². The summed E-state index contributed by atoms with van der Waals surface area (Å²) in [5, 5.41) is 12.7. The van der Waals surface area contributed by atoms with Crippen molar-refractivity contribution in [2.24, 2.45) is 0 Å². The molecule has 20 heavy (non-hydrogen) atoms. The maximum Gasteiger partial charge on any atom is 0.336 e. The molecule has 102 valence electrons. The molecule has 3 heteroatoms. The third-order valence-electron chi connectivity index (χ3n) is 3.84. The third kappa shape index (κ3) is 2.45. The minimum absolute atomic E-state index is 0.347. The Morgan fingerprint density at radius 2 is 1.85 bits per heavy atom. The molecule has 1 aliphatic heterocycles. The Hall–Kier alpha value is -2.13. The summed E-state index contributed by atoms with van der Waals surface area (Å²) in [7, 11) is 0. The molecular weight excluding hydrogens is 250 g/mol. The monoisotopic (exact) mass is 267 g/mol. The number of hydrogen-bond donors (Lipinski definition) is 2. The maximum atomic E-state index is 11.3. The first-order valence-electron chi connectivity index (χ1n) is 6.92. The molecule has 0 aliphatic carbocycles. The van der Waals surface area contributed by atoms with Crippen molar-refractivity contribution >= 4 is 5.97 Å². The summed E-state index contributed by atoms with van der Waals surface area (Å²) < 4.78 is 0. The Kier molecular flexibility index (Phi) is 3.52. The van der Waals surface area contributed by atoms with Gasteiger partial charge in [-0.25, -0.2) is 4.79 Å². The molecule has 0 saturated carbocycles. The Morgan fingerprint density at radius 1 is 1.10 bits per heavy atom. The number of carboxylic acids is 1. The molecule has 3 rings (SSSR count). The summed E-state index contributed by atoms with van der Waals surface area (Å²) in [5.41, 5.74) is 3.34. The van der Waals surface area contributed by atoms with E-state index >= 15 is 0 Å². The van der Waals surface area contributed by atoms with Crippen molar-refractivity contribution in [1.29, 1.82) is 0 Å². The van der Waals surface area contributed by atoms with E-state index in [4.69, 9.17) is 0 Å². The van der Waals surface area contributed by atoms with Crippen LogP contribution in [0.2, 0.25) is 0 Å². The van der Waals surface area contributed by atoms with E-state index in [1.807, 2.05) is 24.3 Å². The summed E-state index contributed by atoms with van der Waals surface area (Å²) in [4.78, 5) is 11.3. The van der Waals surface area contributed by atoms with Crippen molar-refractivity contribution in [2.75, 3.05) is 6.54 Å². The SMILES string of the molecule is O=C(O)c1ccccc1-c1ccc([C@H]2CCCN2)cc1. The minimum atomic E-state index is -0.887. The van der Waals surface area contributed by atoms with Gasteiger partial charge in [0.1, 0.15) is 0 Å². The lowest BCUT2D eigenvalue weighted by molar-refractivity contribution is 0.0697. The van der Waals surface area contributed by atoms with Crippen LogP contribution in [0.3, 0.4) is 0 Å². The normalized spacial score (nSPS) is 18.1. The van der Waals surface area contributed by atoms with Crippen LogP contribution in [0, 0.1) is 0 Å². The molecule has 0 bridgehead atoms. The van der Waals surface area contributed by atoms with Crippen LogP contribution in [0.5, 0.6) is 0 Å². The fourth-order valence-electron chi connectivity index (χ4n) is 2.79. The first kappa shape index (κ1) is 12.9. The topological polar surface area (TPSA) is 49.3 Å². The minimum Gasteiger partial charge on any atom is -0.478 e. The molecule has 0 aromatic heterocycles. The zero-order chi connectivity index (χ0) is 13.9. The van der Waals surface area contributed by atoms with Crippen LogP contribution < -0.4 is 5.32 Å². The number of hydrogen-bond acceptors (Lipinski definition) is 2. The maximum absolute atomic E-state index is 11.3. The van der Waals surface area contributed by atoms with Crippen molar-refractivity contribution in [3.05, 3.63) is 59.7 Å². The average molecular weight is 267 g/mol. The number of carbonyl (C=O) groups is 1. The second-order valence-corrected chi connectivity index (χ2v) is 5.12. The first-order chi connectivity index (χ1) is 9.75. The van der Waals surface area contributed by atoms with E-state index in [-0.39, 0.29) is 0 Å². The summed E-state index contributed by atoms with van der Waals surface area (Å²) in [5.74, 6) is -0.887. The molecule has 0 spiro atoms. The highest BCUT2D eigenvalue weighted by molar-refractivity contribution is 5.95. The molecule has 1 atom stereocenters. The summed E-state index contributed by atoms with van der Waals surface area (Å²) >= 11 is 0. The fraction of sp³-hybridized carbons (Fsp3) is 0.235. The van der Waals surface area contributed by atoms with Crippen LogP contribution in [-0.4, -0.2) is 17.6 Å². The lowest BCUT2D eigenvalue weighted by Crippen LogP contribution is -2.12. The zero-order valence-corrected chi connectivity index (χ0v) is 11.2. The van der Waals surface area contributed by atoms with E-state index in [1.165, 1.54) is 18.4 Å². The van der Waals surface area contributed by atoms with Gasteiger partial charge in [-0.3, -0.25) is 0 Å². The fourth-order valence-corrected chi connectivity index (χ4v) is 2.79. The van der Waals surface area contributed by atoms with Crippen LogP contribution in [0.25, 0.3) is 11.1 Å². The Balaban J connectivity index is 1.93. The molecule has 2 aromatic carbocycles. The molecule has 2 N–H and O–H groups in total. The van der Waals surface area contributed by atoms with Crippen molar-refractivity contribution < 1.29 is 9.90 Å². The molecule has 3 nitrogen and oxygen atoms in total. The molecule has 1 fully saturated rings. The van der Waals surface area contributed by atoms with Gasteiger partial charge in [0, 0.05) is 6.04 Å². The van der Waals surface area contributed by atoms with Crippen LogP contribution in [0.1, 0.15) is 34.8 Å². The average Bonchev–Trinajstić information content (AvgIpc) is 3.02. The predicted molar refractivity (Wildman–Crippen MR) is 78.8 cm³/mol. The first-order valence-corrected chi connectivity index (χ1v) is 6.92. The molecule has 1 saturated heterocycles. The summed E-state index contributed by atoms with van der Waals surface area (Å²) in [6.07, 6.45) is 2.39. The second-order valence-electron chi connectivity index (χ2n) is 5.12. The van der Waals surface area contributed by atoms with Crippen molar-refractivity contribution in [3.63, 3.8) is 0 Å². The van der Waals surface area contributed by atoms with Gasteiger partial charge in [-0.1, -0.05) is 42.5 Å². The van der Waals surface area contributed by atoms with Gasteiger partial charge < -0.3 is 10.4 Å². The molecule has 2 aromatic rings. The number of rotatable bonds is 3. The van der Waals surface area contributed by atoms with Gasteiger partial charge in [0.2, 0.25) is 0 Å². The molecule has 0 amide bonds. The Labute approximate surface area is 118 Å². The van der Waals surface area contributed by atoms with Crippen LogP contribution in [0.15, 0.2) is 48.5 Å². The summed E-state index contributed by atoms with van der Waals surface area (Å²) in [6.45, 7) is 1.08. The van der Waals surface area contributed by atoms with Gasteiger partial charge in [-0.05, 0) is 42.1 Å². The number of carboxylic acid groups (broad SMARTS) is 1. The lowest BCUT2D eigenvalue weighted by atomic mass is 9.97. The molecule has 0 unspecified atom stereocenters. The lowest BCUT2D eigenvalue weighted by Gasteiger charge is -2.12. The van der Waals surface area contributed by atoms with E-state index in [0.717, 1.165) is 17.7 Å². The second kappa shape index (κ2) is 5.47. The standard InChI is InChI=1S/C17H17NO2/c19-17(20)15-5-2-1-4-14(15)12-7-9-13(10-8-12)16-6-3-11-18-16/h1-2,4-5,7-10,16,18H,3,6,11H2,(H,19,20)/t16-/m1/s1. The number of benzene rings is 2. The van der Waals surface area contributed by atoms with Crippen LogP contribution in [-0.2, 0) is 0 Å². The van der Waals surface area contributed by atoms with E-state index < -0.39 is 5.97 Å². The van der Waals surface area contributed by atoms with E-state index in [2.05, 4.69) is 17.4 Å². The van der Waals surface area contributed by atoms with Crippen molar-refractivity contribution in [3.8, 4) is 11.1 Å². The highest BCUT2D eigenvalue weighted by Crippen LogP contribution is 2.28. The Bertz CT molecular complexity index is 613. The van der Waals surface area contributed by atoms with Gasteiger partial charge in [0.05, 0.1) is 5.56 Å². The molecule has 1 aliphatic rings. The zero-order valence-electron chi connectivity index (χ0n) is 11.2. The van der Waals surface area contributed by atoms with Gasteiger partial charge in [0.15, 0.2) is 0 Å². The Morgan fingerprint density at radius 3 is 2.50 bits per heavy atom. The van der Waals surface area contributed by atoms with Crippen LogP contribution >= 0.6 is 0 Å². The molecular formula is C17H17NO2. The van der Waals surface area contributed by atoms with E-state index in [0.29, 0.717) is 11.6 Å². The smallest absolute Gasteiger partial charge is 0.336 e. The van der Waals surface area contributed by atoms with Gasteiger partial charge in [0.25, 0.3) is 0 Å². The van der Waals surface area contributed by atoms with Gasteiger partial charge in [-0.2, -0.15) is 0 Å². The van der Waals surface area contributed by atoms with Gasteiger partial charge >= 0.3 is 5.97 Å². The van der Waals surface area contributed by atoms with E-state index in [1.54, 1.807) is 12.1 Å². The number of nitrogens with one attached hydrogen (secondary N) is 1. The van der Waals surface area contributed by atoms with Gasteiger partial charge in [-0.15, -0.1) is 0 Å². The molecule has 0 radical (unpaired) electrons. The quantitative estimate of drug-likeness (QED) is 0.895. The predicted octanol–water partition coefficient (Wildman–Crippen LogP) is 3.48.